The van der Waals surface area contributed by atoms with E-state index in [-0.39, 0.29) is 11.2 Å². The van der Waals surface area contributed by atoms with Gasteiger partial charge in [0.1, 0.15) is 0 Å². The summed E-state index contributed by atoms with van der Waals surface area (Å²) >= 11 is 0. The first-order chi connectivity index (χ1) is 12.3. The van der Waals surface area contributed by atoms with Gasteiger partial charge >= 0.3 is 23.6 Å². The van der Waals surface area contributed by atoms with Crippen LogP contribution in [-0.4, -0.2) is 62.6 Å². The summed E-state index contributed by atoms with van der Waals surface area (Å²) in [6.45, 7) is 0. The van der Waals surface area contributed by atoms with Crippen molar-refractivity contribution in [2.75, 3.05) is 0 Å². The van der Waals surface area contributed by atoms with Crippen LogP contribution in [-0.2, 0) is 35.5 Å². The molecule has 2 aromatic rings. The molecule has 0 saturated carbocycles. The van der Waals surface area contributed by atoms with Gasteiger partial charge < -0.3 is 25.0 Å². The van der Waals surface area contributed by atoms with Crippen molar-refractivity contribution in [3.8, 4) is 0 Å². The van der Waals surface area contributed by atoms with E-state index in [2.05, 4.69) is 4.98 Å². The molecule has 0 saturated heterocycles. The number of aryl methyl sites for hydroxylation is 2. The normalized spacial score (nSPS) is 11.0. The van der Waals surface area contributed by atoms with Gasteiger partial charge in [-0.3, -0.25) is 23.5 Å². The molecule has 0 amide bonds. The minimum atomic E-state index is -2.74. The van der Waals surface area contributed by atoms with Crippen LogP contribution < -0.4 is 11.2 Å². The molecule has 2 heterocycles. The SMILES string of the molecule is Cn1c(=O)c2c(ncn2C)n(C)c1=O.O=C(O)CC(O)(CC(=O)O)C(=O)O. The fourth-order valence-corrected chi connectivity index (χ4v) is 2.19. The quantitative estimate of drug-likeness (QED) is 0.435. The molecule has 0 fully saturated rings. The van der Waals surface area contributed by atoms with Crippen LogP contribution in [0.2, 0.25) is 0 Å². The molecule has 2 rings (SSSR count). The predicted octanol–water partition coefficient (Wildman–Crippen LogP) is -2.28. The van der Waals surface area contributed by atoms with Crippen LogP contribution in [0.1, 0.15) is 12.8 Å². The summed E-state index contributed by atoms with van der Waals surface area (Å²) in [5.74, 6) is -5.02. The third kappa shape index (κ3) is 4.58. The van der Waals surface area contributed by atoms with Crippen LogP contribution in [0.25, 0.3) is 11.2 Å². The van der Waals surface area contributed by atoms with E-state index in [0.29, 0.717) is 11.2 Å². The first-order valence-corrected chi connectivity index (χ1v) is 7.28. The Hall–Kier alpha value is -3.48. The highest BCUT2D eigenvalue weighted by molar-refractivity contribution is 5.88. The number of aliphatic carboxylic acids is 3. The van der Waals surface area contributed by atoms with Crippen LogP contribution in [0.15, 0.2) is 15.9 Å². The number of carboxylic acids is 3. The van der Waals surface area contributed by atoms with Gasteiger partial charge in [0, 0.05) is 21.1 Å². The molecule has 0 radical (unpaired) electrons. The summed E-state index contributed by atoms with van der Waals surface area (Å²) in [7, 11) is 4.77. The lowest BCUT2D eigenvalue weighted by atomic mass is 9.96. The summed E-state index contributed by atoms with van der Waals surface area (Å²) < 4.78 is 4.04. The van der Waals surface area contributed by atoms with Gasteiger partial charge in [-0.25, -0.2) is 14.6 Å². The first-order valence-electron chi connectivity index (χ1n) is 7.28. The largest absolute Gasteiger partial charge is 0.481 e. The number of nitrogens with zero attached hydrogens (tertiary/aromatic N) is 4. The number of hydrogen-bond donors (Lipinski definition) is 4. The average molecular weight is 386 g/mol. The number of imidazole rings is 1. The van der Waals surface area contributed by atoms with Crippen LogP contribution in [0, 0.1) is 0 Å². The molecule has 27 heavy (non-hydrogen) atoms. The maximum atomic E-state index is 11.7. The minimum Gasteiger partial charge on any atom is -0.481 e. The maximum Gasteiger partial charge on any atom is 0.336 e. The van der Waals surface area contributed by atoms with Gasteiger partial charge in [0.25, 0.3) is 5.56 Å². The lowest BCUT2D eigenvalue weighted by Crippen LogP contribution is -2.42. The van der Waals surface area contributed by atoms with Crippen LogP contribution in [0.4, 0.5) is 0 Å². The summed E-state index contributed by atoms with van der Waals surface area (Å²) in [6.07, 6.45) is -0.769. The van der Waals surface area contributed by atoms with Crippen molar-refractivity contribution in [1.82, 2.24) is 18.7 Å². The molecule has 13 nitrogen and oxygen atoms in total. The molecule has 13 heteroatoms. The van der Waals surface area contributed by atoms with E-state index in [1.165, 1.54) is 17.9 Å². The van der Waals surface area contributed by atoms with E-state index >= 15 is 0 Å². The number of rotatable bonds is 5. The van der Waals surface area contributed by atoms with Gasteiger partial charge in [-0.15, -0.1) is 0 Å². The Bertz CT molecular complexity index is 998. The highest BCUT2D eigenvalue weighted by Crippen LogP contribution is 2.15. The van der Waals surface area contributed by atoms with Gasteiger partial charge in [0.15, 0.2) is 16.8 Å². The van der Waals surface area contributed by atoms with Crippen molar-refractivity contribution in [1.29, 1.82) is 0 Å². The lowest BCUT2D eigenvalue weighted by Gasteiger charge is -2.18. The number of fused-ring (bicyclic) bond motifs is 1. The van der Waals surface area contributed by atoms with E-state index in [1.807, 2.05) is 0 Å². The van der Waals surface area contributed by atoms with Crippen LogP contribution >= 0.6 is 0 Å². The lowest BCUT2D eigenvalue weighted by molar-refractivity contribution is -0.170. The van der Waals surface area contributed by atoms with E-state index < -0.39 is 36.4 Å². The molecule has 0 aliphatic carbocycles. The van der Waals surface area contributed by atoms with Crippen molar-refractivity contribution in [2.24, 2.45) is 21.1 Å². The number of aromatic nitrogens is 4. The van der Waals surface area contributed by atoms with E-state index in [1.54, 1.807) is 18.7 Å². The number of aliphatic hydroxyl groups is 1. The van der Waals surface area contributed by atoms with Crippen molar-refractivity contribution in [3.63, 3.8) is 0 Å². The Morgan fingerprint density at radius 2 is 1.48 bits per heavy atom. The summed E-state index contributed by atoms with van der Waals surface area (Å²) in [5.41, 5.74) is -2.56. The molecule has 0 aliphatic heterocycles. The van der Waals surface area contributed by atoms with E-state index in [4.69, 9.17) is 20.4 Å². The standard InChI is InChI=1S/C8H10N4O2.C6H8O7/c1-10-4-9-6-5(10)7(13)12(3)8(14)11(6)2;7-3(8)1-6(13,5(11)12)2-4(9)10/h4H,1-3H3;13H,1-2H2,(H,7,8)(H,9,10)(H,11,12). The Morgan fingerprint density at radius 3 is 1.89 bits per heavy atom. The molecule has 0 aromatic carbocycles. The molecule has 2 aromatic heterocycles. The second kappa shape index (κ2) is 7.82. The molecule has 0 spiro atoms. The van der Waals surface area contributed by atoms with Crippen molar-refractivity contribution in [3.05, 3.63) is 27.2 Å². The predicted molar refractivity (Wildman–Crippen MR) is 88.3 cm³/mol. The third-order valence-corrected chi connectivity index (χ3v) is 3.60. The van der Waals surface area contributed by atoms with Crippen molar-refractivity contribution >= 4 is 29.1 Å². The number of carboxylic acid groups (broad SMARTS) is 3. The van der Waals surface area contributed by atoms with Crippen LogP contribution in [0.3, 0.4) is 0 Å². The summed E-state index contributed by atoms with van der Waals surface area (Å²) in [4.78, 5) is 57.6. The molecule has 0 bridgehead atoms. The van der Waals surface area contributed by atoms with Gasteiger partial charge in [-0.1, -0.05) is 0 Å². The zero-order chi connectivity index (χ0) is 21.1. The van der Waals surface area contributed by atoms with Crippen LogP contribution in [0.5, 0.6) is 0 Å². The minimum absolute atomic E-state index is 0.317. The summed E-state index contributed by atoms with van der Waals surface area (Å²) in [5, 5.41) is 33.8. The number of carbonyl (C=O) groups is 3. The third-order valence-electron chi connectivity index (χ3n) is 3.60. The highest BCUT2D eigenvalue weighted by atomic mass is 16.4. The molecule has 4 N–H and O–H groups in total. The molecular weight excluding hydrogens is 368 g/mol. The van der Waals surface area contributed by atoms with E-state index in [0.717, 1.165) is 4.57 Å². The van der Waals surface area contributed by atoms with E-state index in [9.17, 15) is 24.0 Å². The van der Waals surface area contributed by atoms with Gasteiger partial charge in [-0.05, 0) is 0 Å². The Kier molecular flexibility index (Phi) is 6.24. The molecule has 0 atom stereocenters. The van der Waals surface area contributed by atoms with Crippen molar-refractivity contribution < 1.29 is 34.8 Å². The maximum absolute atomic E-state index is 11.7. The molecule has 0 unspecified atom stereocenters. The molecule has 148 valence electrons. The fraction of sp³-hybridized carbons (Fsp3) is 0.429. The zero-order valence-corrected chi connectivity index (χ0v) is 14.6. The van der Waals surface area contributed by atoms with Gasteiger partial charge in [-0.2, -0.15) is 0 Å². The zero-order valence-electron chi connectivity index (χ0n) is 14.6. The monoisotopic (exact) mass is 386 g/mol. The van der Waals surface area contributed by atoms with Gasteiger partial charge in [0.2, 0.25) is 0 Å². The fourth-order valence-electron chi connectivity index (χ4n) is 2.19. The van der Waals surface area contributed by atoms with Crippen molar-refractivity contribution in [2.45, 2.75) is 18.4 Å². The number of hydrogen-bond acceptors (Lipinski definition) is 7. The Labute approximate surface area is 150 Å². The molecular formula is C14H18N4O9. The smallest absolute Gasteiger partial charge is 0.336 e. The molecule has 0 aliphatic rings. The Morgan fingerprint density at radius 1 is 1.00 bits per heavy atom. The second-order valence-electron chi connectivity index (χ2n) is 5.71. The second-order valence-corrected chi connectivity index (χ2v) is 5.71. The topological polar surface area (TPSA) is 194 Å². The summed E-state index contributed by atoms with van der Waals surface area (Å²) in [6, 6.07) is 0. The first kappa shape index (κ1) is 21.6. The highest BCUT2D eigenvalue weighted by Gasteiger charge is 2.40. The van der Waals surface area contributed by atoms with Gasteiger partial charge in [0.05, 0.1) is 19.2 Å². The Balaban J connectivity index is 0.000000271. The average Bonchev–Trinajstić information content (AvgIpc) is 2.91.